The molecule has 76 valence electrons. The van der Waals surface area contributed by atoms with E-state index in [-0.39, 0.29) is 0 Å². The van der Waals surface area contributed by atoms with Crippen molar-refractivity contribution in [2.24, 2.45) is 0 Å². The van der Waals surface area contributed by atoms with Crippen LogP contribution < -0.4 is 4.90 Å². The number of unbranched alkanes of at least 4 members (excludes halogenated alkanes) is 1. The summed E-state index contributed by atoms with van der Waals surface area (Å²) in [5.41, 5.74) is 2.29. The lowest BCUT2D eigenvalue weighted by molar-refractivity contribution is -0.107. The smallest absolute Gasteiger partial charge is 0.213 e. The standard InChI is InChI=1S/C12H17NO/c1-3-4-5-11-6-8-12(9-7-11)13(2)10-14/h6-10H,3-5H2,1-2H3. The number of anilines is 1. The minimum Gasteiger partial charge on any atom is -0.318 e. The minimum absolute atomic E-state index is 0.820. The van der Waals surface area contributed by atoms with Crippen molar-refractivity contribution in [3.63, 3.8) is 0 Å². The Morgan fingerprint density at radius 2 is 1.93 bits per heavy atom. The number of aryl methyl sites for hydroxylation is 1. The van der Waals surface area contributed by atoms with E-state index >= 15 is 0 Å². The lowest BCUT2D eigenvalue weighted by Gasteiger charge is -2.10. The first-order chi connectivity index (χ1) is 6.77. The topological polar surface area (TPSA) is 20.3 Å². The third kappa shape index (κ3) is 2.87. The Kier molecular flexibility index (Phi) is 4.17. The van der Waals surface area contributed by atoms with Gasteiger partial charge in [0.1, 0.15) is 0 Å². The van der Waals surface area contributed by atoms with Crippen molar-refractivity contribution in [2.45, 2.75) is 26.2 Å². The average molecular weight is 191 g/mol. The maximum Gasteiger partial charge on any atom is 0.213 e. The molecule has 0 N–H and O–H groups in total. The molecule has 0 aromatic heterocycles. The van der Waals surface area contributed by atoms with Gasteiger partial charge in [-0.3, -0.25) is 4.79 Å². The van der Waals surface area contributed by atoms with Crippen LogP contribution >= 0.6 is 0 Å². The summed E-state index contributed by atoms with van der Waals surface area (Å²) in [5.74, 6) is 0. The van der Waals surface area contributed by atoms with E-state index in [0.29, 0.717) is 0 Å². The van der Waals surface area contributed by atoms with Gasteiger partial charge < -0.3 is 4.90 Å². The molecule has 1 aromatic rings. The van der Waals surface area contributed by atoms with E-state index in [1.807, 2.05) is 12.1 Å². The summed E-state index contributed by atoms with van der Waals surface area (Å²) in [6.07, 6.45) is 4.39. The molecule has 0 aliphatic carbocycles. The molecule has 0 unspecified atom stereocenters. The summed E-state index contributed by atoms with van der Waals surface area (Å²) in [6, 6.07) is 8.15. The van der Waals surface area contributed by atoms with Crippen LogP contribution in [0.3, 0.4) is 0 Å². The molecule has 2 nitrogen and oxygen atoms in total. The van der Waals surface area contributed by atoms with Gasteiger partial charge in [-0.1, -0.05) is 25.5 Å². The molecule has 0 heterocycles. The molecule has 0 spiro atoms. The molecule has 0 radical (unpaired) electrons. The largest absolute Gasteiger partial charge is 0.318 e. The summed E-state index contributed by atoms with van der Waals surface area (Å²) >= 11 is 0. The number of nitrogens with zero attached hydrogens (tertiary/aromatic N) is 1. The predicted molar refractivity (Wildman–Crippen MR) is 59.5 cm³/mol. The van der Waals surface area contributed by atoms with Crippen molar-refractivity contribution in [1.29, 1.82) is 0 Å². The Balaban J connectivity index is 2.63. The third-order valence-electron chi connectivity index (χ3n) is 2.32. The van der Waals surface area contributed by atoms with Crippen LogP contribution in [0.2, 0.25) is 0 Å². The van der Waals surface area contributed by atoms with Crippen LogP contribution in [0.5, 0.6) is 0 Å². The first-order valence-corrected chi connectivity index (χ1v) is 5.05. The molecule has 0 aliphatic heterocycles. The van der Waals surface area contributed by atoms with E-state index in [4.69, 9.17) is 0 Å². The van der Waals surface area contributed by atoms with Crippen LogP contribution in [0.15, 0.2) is 24.3 Å². The first-order valence-electron chi connectivity index (χ1n) is 5.05. The zero-order valence-corrected chi connectivity index (χ0v) is 8.86. The fraction of sp³-hybridized carbons (Fsp3) is 0.417. The van der Waals surface area contributed by atoms with Crippen LogP contribution in [0.1, 0.15) is 25.3 Å². The number of amides is 1. The quantitative estimate of drug-likeness (QED) is 0.655. The summed E-state index contributed by atoms with van der Waals surface area (Å²) in [6.45, 7) is 2.19. The van der Waals surface area contributed by atoms with Gasteiger partial charge in [-0.25, -0.2) is 0 Å². The predicted octanol–water partition coefficient (Wildman–Crippen LogP) is 2.62. The summed E-state index contributed by atoms with van der Waals surface area (Å²) < 4.78 is 0. The van der Waals surface area contributed by atoms with Crippen molar-refractivity contribution >= 4 is 12.1 Å². The second-order valence-corrected chi connectivity index (χ2v) is 3.49. The van der Waals surface area contributed by atoms with Crippen molar-refractivity contribution in [1.82, 2.24) is 0 Å². The van der Waals surface area contributed by atoms with E-state index in [9.17, 15) is 4.79 Å². The summed E-state index contributed by atoms with van der Waals surface area (Å²) in [4.78, 5) is 12.1. The van der Waals surface area contributed by atoms with Gasteiger partial charge in [-0.15, -0.1) is 0 Å². The molecule has 0 bridgehead atoms. The molecule has 0 atom stereocenters. The third-order valence-corrected chi connectivity index (χ3v) is 2.32. The van der Waals surface area contributed by atoms with E-state index < -0.39 is 0 Å². The van der Waals surface area contributed by atoms with Gasteiger partial charge in [0.25, 0.3) is 0 Å². The van der Waals surface area contributed by atoms with Crippen LogP contribution in [0.4, 0.5) is 5.69 Å². The van der Waals surface area contributed by atoms with E-state index in [0.717, 1.165) is 18.5 Å². The summed E-state index contributed by atoms with van der Waals surface area (Å²) in [5, 5.41) is 0. The summed E-state index contributed by atoms with van der Waals surface area (Å²) in [7, 11) is 1.76. The van der Waals surface area contributed by atoms with Gasteiger partial charge in [-0.05, 0) is 30.5 Å². The van der Waals surface area contributed by atoms with Crippen LogP contribution in [-0.2, 0) is 11.2 Å². The van der Waals surface area contributed by atoms with Crippen LogP contribution in [0.25, 0.3) is 0 Å². The van der Waals surface area contributed by atoms with E-state index in [2.05, 4.69) is 19.1 Å². The maximum atomic E-state index is 10.5. The van der Waals surface area contributed by atoms with Crippen LogP contribution in [-0.4, -0.2) is 13.5 Å². The molecule has 0 fully saturated rings. The normalized spacial score (nSPS) is 9.86. The molecule has 0 aliphatic rings. The van der Waals surface area contributed by atoms with E-state index in [1.165, 1.54) is 18.4 Å². The Morgan fingerprint density at radius 3 is 2.43 bits per heavy atom. The Bertz CT molecular complexity index is 279. The highest BCUT2D eigenvalue weighted by molar-refractivity contribution is 5.74. The Labute approximate surface area is 85.5 Å². The molecular weight excluding hydrogens is 174 g/mol. The number of hydrogen-bond acceptors (Lipinski definition) is 1. The first kappa shape index (κ1) is 10.8. The highest BCUT2D eigenvalue weighted by Gasteiger charge is 1.98. The van der Waals surface area contributed by atoms with Crippen molar-refractivity contribution in [2.75, 3.05) is 11.9 Å². The number of rotatable bonds is 5. The van der Waals surface area contributed by atoms with Crippen molar-refractivity contribution in [3.8, 4) is 0 Å². The minimum atomic E-state index is 0.820. The molecule has 0 saturated heterocycles. The monoisotopic (exact) mass is 191 g/mol. The van der Waals surface area contributed by atoms with Crippen molar-refractivity contribution in [3.05, 3.63) is 29.8 Å². The number of benzene rings is 1. The zero-order valence-electron chi connectivity index (χ0n) is 8.86. The fourth-order valence-electron chi connectivity index (χ4n) is 1.34. The Hall–Kier alpha value is -1.31. The molecule has 1 aromatic carbocycles. The molecule has 0 saturated carbocycles. The SMILES string of the molecule is CCCCc1ccc(N(C)C=O)cc1. The van der Waals surface area contributed by atoms with Gasteiger partial charge >= 0.3 is 0 Å². The Morgan fingerprint density at radius 1 is 1.29 bits per heavy atom. The lowest BCUT2D eigenvalue weighted by atomic mass is 10.1. The molecule has 14 heavy (non-hydrogen) atoms. The maximum absolute atomic E-state index is 10.5. The average Bonchev–Trinajstić information content (AvgIpc) is 2.26. The highest BCUT2D eigenvalue weighted by Crippen LogP contribution is 2.13. The zero-order chi connectivity index (χ0) is 10.4. The molecular formula is C12H17NO. The van der Waals surface area contributed by atoms with Gasteiger partial charge in [-0.2, -0.15) is 0 Å². The van der Waals surface area contributed by atoms with Gasteiger partial charge in [0.05, 0.1) is 0 Å². The van der Waals surface area contributed by atoms with Gasteiger partial charge in [0.2, 0.25) is 6.41 Å². The van der Waals surface area contributed by atoms with Gasteiger partial charge in [0.15, 0.2) is 0 Å². The number of carbonyl (C=O) groups excluding carboxylic acids is 1. The fourth-order valence-corrected chi connectivity index (χ4v) is 1.34. The molecule has 1 amide bonds. The van der Waals surface area contributed by atoms with Crippen molar-refractivity contribution < 1.29 is 4.79 Å². The van der Waals surface area contributed by atoms with Crippen LogP contribution in [0, 0.1) is 0 Å². The molecule has 2 heteroatoms. The van der Waals surface area contributed by atoms with E-state index in [1.54, 1.807) is 11.9 Å². The number of hydrogen-bond donors (Lipinski definition) is 0. The lowest BCUT2D eigenvalue weighted by Crippen LogP contribution is -2.13. The van der Waals surface area contributed by atoms with Gasteiger partial charge in [0, 0.05) is 12.7 Å². The second-order valence-electron chi connectivity index (χ2n) is 3.49. The second kappa shape index (κ2) is 5.43. The number of carbonyl (C=O) groups is 1. The highest BCUT2D eigenvalue weighted by atomic mass is 16.1. The molecule has 1 rings (SSSR count).